The minimum Gasteiger partial charge on any atom is -0.357 e. The lowest BCUT2D eigenvalue weighted by atomic mass is 10.1. The molecule has 4 heteroatoms. The topological polar surface area (TPSA) is 36.4 Å². The standard InChI is InChI=1S/C15H24FN3/c1-5-12(4)19-15(17-6-2)18-10-13-7-8-14(16)11(3)9-13/h7-9,12H,5-6,10H2,1-4H3,(H2,17,18,19). The maximum Gasteiger partial charge on any atom is 0.191 e. The molecule has 0 saturated carbocycles. The molecule has 3 nitrogen and oxygen atoms in total. The molecule has 0 spiro atoms. The van der Waals surface area contributed by atoms with Gasteiger partial charge in [0.25, 0.3) is 0 Å². The average Bonchev–Trinajstić information content (AvgIpc) is 2.40. The van der Waals surface area contributed by atoms with Gasteiger partial charge in [-0.05, 0) is 44.4 Å². The summed E-state index contributed by atoms with van der Waals surface area (Å²) < 4.78 is 13.2. The van der Waals surface area contributed by atoms with Crippen LogP contribution < -0.4 is 10.6 Å². The van der Waals surface area contributed by atoms with Gasteiger partial charge in [-0.1, -0.05) is 19.1 Å². The molecule has 0 amide bonds. The monoisotopic (exact) mass is 265 g/mol. The number of aryl methyl sites for hydroxylation is 1. The Morgan fingerprint density at radius 2 is 2.11 bits per heavy atom. The van der Waals surface area contributed by atoms with Crippen molar-refractivity contribution in [2.45, 2.75) is 46.7 Å². The smallest absolute Gasteiger partial charge is 0.191 e. The summed E-state index contributed by atoms with van der Waals surface area (Å²) in [6.07, 6.45) is 1.04. The van der Waals surface area contributed by atoms with Crippen molar-refractivity contribution in [2.24, 2.45) is 4.99 Å². The van der Waals surface area contributed by atoms with E-state index >= 15 is 0 Å². The summed E-state index contributed by atoms with van der Waals surface area (Å²) in [7, 11) is 0. The van der Waals surface area contributed by atoms with Gasteiger partial charge in [0.2, 0.25) is 0 Å². The first-order valence-corrected chi connectivity index (χ1v) is 6.86. The lowest BCUT2D eigenvalue weighted by molar-refractivity contribution is 0.617. The Kier molecular flexibility index (Phi) is 6.33. The van der Waals surface area contributed by atoms with Crippen LogP contribution in [0, 0.1) is 12.7 Å². The highest BCUT2D eigenvalue weighted by Crippen LogP contribution is 2.10. The van der Waals surface area contributed by atoms with Gasteiger partial charge in [0.1, 0.15) is 5.82 Å². The minimum absolute atomic E-state index is 0.169. The lowest BCUT2D eigenvalue weighted by Crippen LogP contribution is -2.41. The molecule has 0 aliphatic carbocycles. The van der Waals surface area contributed by atoms with Gasteiger partial charge in [-0.2, -0.15) is 0 Å². The number of guanidine groups is 1. The summed E-state index contributed by atoms with van der Waals surface area (Å²) in [5.74, 6) is 0.635. The maximum atomic E-state index is 13.2. The Labute approximate surface area is 115 Å². The van der Waals surface area contributed by atoms with Crippen LogP contribution in [0.2, 0.25) is 0 Å². The SMILES string of the molecule is CCNC(=NCc1ccc(F)c(C)c1)NC(C)CC. The summed E-state index contributed by atoms with van der Waals surface area (Å²) >= 11 is 0. The molecular formula is C15H24FN3. The summed E-state index contributed by atoms with van der Waals surface area (Å²) in [4.78, 5) is 4.51. The van der Waals surface area contributed by atoms with Crippen molar-refractivity contribution in [3.63, 3.8) is 0 Å². The second kappa shape index (κ2) is 7.77. The second-order valence-electron chi connectivity index (χ2n) is 4.73. The number of aliphatic imine (C=N–C) groups is 1. The van der Waals surface area contributed by atoms with Crippen LogP contribution in [-0.4, -0.2) is 18.5 Å². The van der Waals surface area contributed by atoms with Gasteiger partial charge in [-0.15, -0.1) is 0 Å². The zero-order chi connectivity index (χ0) is 14.3. The molecule has 19 heavy (non-hydrogen) atoms. The van der Waals surface area contributed by atoms with Crippen LogP contribution in [0.1, 0.15) is 38.3 Å². The van der Waals surface area contributed by atoms with Crippen molar-refractivity contribution in [1.82, 2.24) is 10.6 Å². The summed E-state index contributed by atoms with van der Waals surface area (Å²) in [6.45, 7) is 9.43. The fourth-order valence-electron chi connectivity index (χ4n) is 1.63. The molecule has 0 radical (unpaired) electrons. The molecule has 1 aromatic carbocycles. The Balaban J connectivity index is 2.70. The van der Waals surface area contributed by atoms with E-state index in [9.17, 15) is 4.39 Å². The van der Waals surface area contributed by atoms with E-state index < -0.39 is 0 Å². The van der Waals surface area contributed by atoms with Gasteiger partial charge in [0, 0.05) is 12.6 Å². The number of nitrogens with one attached hydrogen (secondary N) is 2. The van der Waals surface area contributed by atoms with Crippen LogP contribution in [-0.2, 0) is 6.54 Å². The van der Waals surface area contributed by atoms with E-state index in [0.717, 1.165) is 24.5 Å². The van der Waals surface area contributed by atoms with Gasteiger partial charge in [0.15, 0.2) is 5.96 Å². The molecule has 2 N–H and O–H groups in total. The quantitative estimate of drug-likeness (QED) is 0.634. The summed E-state index contributed by atoms with van der Waals surface area (Å²) in [5, 5.41) is 6.54. The van der Waals surface area contributed by atoms with Crippen LogP contribution in [0.3, 0.4) is 0 Å². The molecule has 0 aliphatic heterocycles. The van der Waals surface area contributed by atoms with E-state index in [2.05, 4.69) is 29.5 Å². The molecule has 106 valence electrons. The summed E-state index contributed by atoms with van der Waals surface area (Å²) in [6, 6.07) is 5.49. The minimum atomic E-state index is -0.169. The maximum absolute atomic E-state index is 13.2. The number of hydrogen-bond donors (Lipinski definition) is 2. The second-order valence-corrected chi connectivity index (χ2v) is 4.73. The van der Waals surface area contributed by atoms with Crippen LogP contribution in [0.25, 0.3) is 0 Å². The number of rotatable bonds is 5. The normalized spacial score (nSPS) is 13.2. The predicted octanol–water partition coefficient (Wildman–Crippen LogP) is 2.99. The van der Waals surface area contributed by atoms with Gasteiger partial charge in [0.05, 0.1) is 6.54 Å². The highest BCUT2D eigenvalue weighted by molar-refractivity contribution is 5.80. The van der Waals surface area contributed by atoms with Crippen LogP contribution in [0.4, 0.5) is 4.39 Å². The Bertz CT molecular complexity index is 429. The Morgan fingerprint density at radius 3 is 2.68 bits per heavy atom. The molecule has 0 bridgehead atoms. The van der Waals surface area contributed by atoms with Crippen LogP contribution in [0.15, 0.2) is 23.2 Å². The zero-order valence-electron chi connectivity index (χ0n) is 12.3. The lowest BCUT2D eigenvalue weighted by Gasteiger charge is -2.16. The van der Waals surface area contributed by atoms with Gasteiger partial charge < -0.3 is 10.6 Å². The molecule has 0 heterocycles. The first-order chi connectivity index (χ1) is 9.06. The third-order valence-corrected chi connectivity index (χ3v) is 2.98. The third-order valence-electron chi connectivity index (χ3n) is 2.98. The first-order valence-electron chi connectivity index (χ1n) is 6.86. The number of benzene rings is 1. The van der Waals surface area contributed by atoms with E-state index in [-0.39, 0.29) is 5.82 Å². The van der Waals surface area contributed by atoms with E-state index in [1.165, 1.54) is 6.07 Å². The molecule has 0 aromatic heterocycles. The molecule has 0 saturated heterocycles. The van der Waals surface area contributed by atoms with Crippen molar-refractivity contribution >= 4 is 5.96 Å². The molecule has 0 aliphatic rings. The molecule has 1 rings (SSSR count). The Morgan fingerprint density at radius 1 is 1.37 bits per heavy atom. The van der Waals surface area contributed by atoms with Gasteiger partial charge in [-0.25, -0.2) is 9.38 Å². The van der Waals surface area contributed by atoms with Crippen molar-refractivity contribution in [1.29, 1.82) is 0 Å². The molecule has 1 unspecified atom stereocenters. The van der Waals surface area contributed by atoms with E-state index in [1.807, 2.05) is 13.0 Å². The first kappa shape index (κ1) is 15.5. The molecule has 1 atom stereocenters. The van der Waals surface area contributed by atoms with Crippen LogP contribution >= 0.6 is 0 Å². The van der Waals surface area contributed by atoms with E-state index in [1.54, 1.807) is 13.0 Å². The van der Waals surface area contributed by atoms with Gasteiger partial charge in [-0.3, -0.25) is 0 Å². The number of hydrogen-bond acceptors (Lipinski definition) is 1. The number of halogens is 1. The Hall–Kier alpha value is -1.58. The fourth-order valence-corrected chi connectivity index (χ4v) is 1.63. The predicted molar refractivity (Wildman–Crippen MR) is 78.8 cm³/mol. The third kappa shape index (κ3) is 5.28. The number of nitrogens with zero attached hydrogens (tertiary/aromatic N) is 1. The van der Waals surface area contributed by atoms with Crippen molar-refractivity contribution in [2.75, 3.05) is 6.54 Å². The van der Waals surface area contributed by atoms with Crippen molar-refractivity contribution in [3.05, 3.63) is 35.1 Å². The highest BCUT2D eigenvalue weighted by Gasteiger charge is 2.03. The van der Waals surface area contributed by atoms with Crippen molar-refractivity contribution in [3.8, 4) is 0 Å². The van der Waals surface area contributed by atoms with Crippen molar-refractivity contribution < 1.29 is 4.39 Å². The molecule has 1 aromatic rings. The van der Waals surface area contributed by atoms with Gasteiger partial charge >= 0.3 is 0 Å². The van der Waals surface area contributed by atoms with Crippen LogP contribution in [0.5, 0.6) is 0 Å². The van der Waals surface area contributed by atoms with E-state index in [0.29, 0.717) is 18.2 Å². The summed E-state index contributed by atoms with van der Waals surface area (Å²) in [5.41, 5.74) is 1.67. The van der Waals surface area contributed by atoms with E-state index in [4.69, 9.17) is 0 Å². The average molecular weight is 265 g/mol. The molecular weight excluding hydrogens is 241 g/mol. The molecule has 0 fully saturated rings. The largest absolute Gasteiger partial charge is 0.357 e. The fraction of sp³-hybridized carbons (Fsp3) is 0.533. The highest BCUT2D eigenvalue weighted by atomic mass is 19.1. The zero-order valence-corrected chi connectivity index (χ0v) is 12.3.